The topological polar surface area (TPSA) is 17.1 Å². The molecule has 0 bridgehead atoms. The molecule has 0 aliphatic carbocycles. The van der Waals surface area contributed by atoms with E-state index in [0.29, 0.717) is 27.1 Å². The number of carbonyl (C=O) groups is 1. The third kappa shape index (κ3) is 4.64. The van der Waals surface area contributed by atoms with Gasteiger partial charge in [0.15, 0.2) is 5.78 Å². The van der Waals surface area contributed by atoms with Crippen molar-refractivity contribution < 1.29 is 4.79 Å². The molecule has 3 aromatic rings. The zero-order valence-corrected chi connectivity index (χ0v) is 15.5. The lowest BCUT2D eigenvalue weighted by atomic mass is 9.86. The molecule has 3 aromatic carbocycles. The second-order valence-electron chi connectivity index (χ2n) is 5.79. The van der Waals surface area contributed by atoms with Crippen LogP contribution in [0.15, 0.2) is 72.8 Å². The van der Waals surface area contributed by atoms with Crippen LogP contribution < -0.4 is 0 Å². The lowest BCUT2D eigenvalue weighted by molar-refractivity contribution is 0.0977. The van der Waals surface area contributed by atoms with Crippen LogP contribution in [0.1, 0.15) is 33.8 Å². The van der Waals surface area contributed by atoms with E-state index in [2.05, 4.69) is 0 Å². The Morgan fingerprint density at radius 2 is 1.00 bits per heavy atom. The Hall–Kier alpha value is -1.80. The van der Waals surface area contributed by atoms with Crippen LogP contribution in [0.5, 0.6) is 0 Å². The Morgan fingerprint density at radius 1 is 0.640 bits per heavy atom. The Labute approximate surface area is 162 Å². The molecule has 25 heavy (non-hydrogen) atoms. The van der Waals surface area contributed by atoms with E-state index in [9.17, 15) is 4.79 Å². The van der Waals surface area contributed by atoms with Crippen molar-refractivity contribution in [2.75, 3.05) is 0 Å². The van der Waals surface area contributed by atoms with Gasteiger partial charge in [-0.25, -0.2) is 0 Å². The van der Waals surface area contributed by atoms with Gasteiger partial charge in [0.25, 0.3) is 0 Å². The third-order valence-corrected chi connectivity index (χ3v) is 4.86. The van der Waals surface area contributed by atoms with Crippen molar-refractivity contribution in [1.82, 2.24) is 0 Å². The van der Waals surface area contributed by atoms with E-state index < -0.39 is 0 Å². The van der Waals surface area contributed by atoms with Crippen molar-refractivity contribution in [3.05, 3.63) is 105 Å². The summed E-state index contributed by atoms with van der Waals surface area (Å²) in [5, 5.41) is 1.95. The van der Waals surface area contributed by atoms with E-state index in [1.807, 2.05) is 48.5 Å². The summed E-state index contributed by atoms with van der Waals surface area (Å²) in [4.78, 5) is 12.8. The van der Waals surface area contributed by atoms with Crippen molar-refractivity contribution in [2.24, 2.45) is 0 Å². The van der Waals surface area contributed by atoms with Gasteiger partial charge in [0.05, 0.1) is 0 Å². The predicted molar refractivity (Wildman–Crippen MR) is 105 cm³/mol. The molecule has 1 nitrogen and oxygen atoms in total. The largest absolute Gasteiger partial charge is 0.294 e. The van der Waals surface area contributed by atoms with Gasteiger partial charge in [-0.3, -0.25) is 4.79 Å². The van der Waals surface area contributed by atoms with Crippen molar-refractivity contribution in [1.29, 1.82) is 0 Å². The molecule has 4 heteroatoms. The zero-order valence-electron chi connectivity index (χ0n) is 13.3. The maximum Gasteiger partial charge on any atom is 0.163 e. The molecule has 0 spiro atoms. The molecule has 0 aromatic heterocycles. The summed E-state index contributed by atoms with van der Waals surface area (Å²) in [5.74, 6) is -0.00993. The van der Waals surface area contributed by atoms with Gasteiger partial charge in [-0.05, 0) is 59.7 Å². The number of carbonyl (C=O) groups excluding carboxylic acids is 1. The van der Waals surface area contributed by atoms with Crippen molar-refractivity contribution in [3.63, 3.8) is 0 Å². The lowest BCUT2D eigenvalue weighted by Crippen LogP contribution is -2.09. The summed E-state index contributed by atoms with van der Waals surface area (Å²) in [7, 11) is 0. The molecule has 0 amide bonds. The summed E-state index contributed by atoms with van der Waals surface area (Å²) >= 11 is 17.9. The fraction of sp³-hybridized carbons (Fsp3) is 0.0952. The molecule has 0 radical (unpaired) electrons. The molecule has 0 unspecified atom stereocenters. The smallest absolute Gasteiger partial charge is 0.163 e. The van der Waals surface area contributed by atoms with Crippen molar-refractivity contribution in [3.8, 4) is 0 Å². The summed E-state index contributed by atoms with van der Waals surface area (Å²) in [6, 6.07) is 22.2. The Bertz CT molecular complexity index is 808. The first-order valence-electron chi connectivity index (χ1n) is 7.82. The van der Waals surface area contributed by atoms with Crippen LogP contribution in [0.3, 0.4) is 0 Å². The summed E-state index contributed by atoms with van der Waals surface area (Å²) in [5.41, 5.74) is 2.72. The first kappa shape index (κ1) is 18.0. The molecular weight excluding hydrogens is 375 g/mol. The SMILES string of the molecule is O=C(CC(c1ccc(Cl)cc1)c1ccc(Cl)cc1)c1ccc(Cl)cc1. The molecule has 0 aliphatic heterocycles. The maximum atomic E-state index is 12.8. The highest BCUT2D eigenvalue weighted by atomic mass is 35.5. The molecule has 0 aliphatic rings. The molecular formula is C21H15Cl3O. The zero-order chi connectivity index (χ0) is 17.8. The highest BCUT2D eigenvalue weighted by molar-refractivity contribution is 6.31. The molecule has 3 rings (SSSR count). The van der Waals surface area contributed by atoms with Crippen LogP contribution in [0.4, 0.5) is 0 Å². The molecule has 0 heterocycles. The van der Waals surface area contributed by atoms with E-state index in [0.717, 1.165) is 11.1 Å². The molecule has 0 N–H and O–H groups in total. The Balaban J connectivity index is 1.93. The summed E-state index contributed by atoms with van der Waals surface area (Å²) in [6.07, 6.45) is 0.352. The number of Topliss-reactive ketones (excluding diaryl/α,β-unsaturated/α-hetero) is 1. The van der Waals surface area contributed by atoms with Crippen LogP contribution in [-0.4, -0.2) is 5.78 Å². The van der Waals surface area contributed by atoms with Crippen molar-refractivity contribution in [2.45, 2.75) is 12.3 Å². The quantitative estimate of drug-likeness (QED) is 0.427. The van der Waals surface area contributed by atoms with Crippen molar-refractivity contribution >= 4 is 40.6 Å². The summed E-state index contributed by atoms with van der Waals surface area (Å²) < 4.78 is 0. The van der Waals surface area contributed by atoms with E-state index >= 15 is 0 Å². The van der Waals surface area contributed by atoms with Crippen LogP contribution >= 0.6 is 34.8 Å². The number of ketones is 1. The number of benzene rings is 3. The standard InChI is InChI=1S/C21H15Cl3O/c22-17-7-1-14(2-8-17)20(15-3-9-18(23)10-4-15)13-21(25)16-5-11-19(24)12-6-16/h1-12,20H,13H2. The van der Waals surface area contributed by atoms with Gasteiger partial charge in [-0.1, -0.05) is 59.1 Å². The highest BCUT2D eigenvalue weighted by Crippen LogP contribution is 2.31. The Kier molecular flexibility index (Phi) is 5.80. The van der Waals surface area contributed by atoms with Gasteiger partial charge in [0.2, 0.25) is 0 Å². The highest BCUT2D eigenvalue weighted by Gasteiger charge is 2.19. The lowest BCUT2D eigenvalue weighted by Gasteiger charge is -2.18. The average Bonchev–Trinajstić information content (AvgIpc) is 2.62. The average molecular weight is 390 g/mol. The minimum Gasteiger partial charge on any atom is -0.294 e. The molecule has 0 saturated carbocycles. The van der Waals surface area contributed by atoms with E-state index in [1.165, 1.54) is 0 Å². The van der Waals surface area contributed by atoms with Gasteiger partial charge in [-0.15, -0.1) is 0 Å². The molecule has 0 atom stereocenters. The van der Waals surface area contributed by atoms with E-state index in [-0.39, 0.29) is 11.7 Å². The third-order valence-electron chi connectivity index (χ3n) is 4.10. The van der Waals surface area contributed by atoms with E-state index in [4.69, 9.17) is 34.8 Å². The van der Waals surface area contributed by atoms with Crippen LogP contribution in [0.25, 0.3) is 0 Å². The van der Waals surface area contributed by atoms with Gasteiger partial charge in [-0.2, -0.15) is 0 Å². The van der Waals surface area contributed by atoms with Gasteiger partial charge in [0, 0.05) is 33.0 Å². The first-order valence-corrected chi connectivity index (χ1v) is 8.96. The van der Waals surface area contributed by atoms with E-state index in [1.54, 1.807) is 24.3 Å². The first-order chi connectivity index (χ1) is 12.0. The number of hydrogen-bond donors (Lipinski definition) is 0. The minimum absolute atomic E-state index is 0.0616. The van der Waals surface area contributed by atoms with Crippen LogP contribution in [0.2, 0.25) is 15.1 Å². The molecule has 0 fully saturated rings. The normalized spacial score (nSPS) is 10.9. The number of hydrogen-bond acceptors (Lipinski definition) is 1. The maximum absolute atomic E-state index is 12.8. The number of halogens is 3. The Morgan fingerprint density at radius 3 is 1.40 bits per heavy atom. The van der Waals surface area contributed by atoms with Crippen LogP contribution in [-0.2, 0) is 0 Å². The van der Waals surface area contributed by atoms with Gasteiger partial charge < -0.3 is 0 Å². The summed E-state index contributed by atoms with van der Waals surface area (Å²) in [6.45, 7) is 0. The second kappa shape index (κ2) is 8.05. The predicted octanol–water partition coefficient (Wildman–Crippen LogP) is 7.05. The molecule has 0 saturated heterocycles. The monoisotopic (exact) mass is 388 g/mol. The fourth-order valence-corrected chi connectivity index (χ4v) is 3.14. The van der Waals surface area contributed by atoms with Gasteiger partial charge in [0.1, 0.15) is 0 Å². The second-order valence-corrected chi connectivity index (χ2v) is 7.10. The number of rotatable bonds is 5. The fourth-order valence-electron chi connectivity index (χ4n) is 2.76. The van der Waals surface area contributed by atoms with Crippen LogP contribution in [0, 0.1) is 0 Å². The van der Waals surface area contributed by atoms with Gasteiger partial charge >= 0.3 is 0 Å². The minimum atomic E-state index is -0.0716. The molecule has 126 valence electrons.